The van der Waals surface area contributed by atoms with Crippen LogP contribution < -0.4 is 0 Å². The molecule has 2 rings (SSSR count). The van der Waals surface area contributed by atoms with E-state index in [1.165, 1.54) is 11.3 Å². The van der Waals surface area contributed by atoms with Crippen LogP contribution in [-0.4, -0.2) is 28.2 Å². The molecule has 4 heteroatoms. The summed E-state index contributed by atoms with van der Waals surface area (Å²) in [4.78, 5) is 16.2. The predicted octanol–water partition coefficient (Wildman–Crippen LogP) is 3.66. The number of nitrogens with zero attached hydrogens (tertiary/aromatic N) is 3. The molecule has 2 heterocycles. The fraction of sp³-hybridized carbons (Fsp3) is 0.438. The first kappa shape index (κ1) is 14.4. The second kappa shape index (κ2) is 6.46. The molecule has 0 amide bonds. The minimum absolute atomic E-state index is 0.405. The topological polar surface area (TPSA) is 53.9 Å². The number of nitrogens with one attached hydrogen (secondary N) is 1. The number of aromatic nitrogens is 3. The number of allylic oxidation sites excluding steroid dienone is 2. The van der Waals surface area contributed by atoms with Crippen molar-refractivity contribution in [3.05, 3.63) is 35.4 Å². The molecule has 2 aromatic rings. The zero-order valence-corrected chi connectivity index (χ0v) is 12.6. The van der Waals surface area contributed by atoms with Gasteiger partial charge in [-0.25, -0.2) is 9.97 Å². The van der Waals surface area contributed by atoms with Gasteiger partial charge in [0.2, 0.25) is 0 Å². The molecular formula is C16H22N4. The summed E-state index contributed by atoms with van der Waals surface area (Å²) in [5.41, 5.74) is 4.50. The Morgan fingerprint density at radius 1 is 1.40 bits per heavy atom. The third kappa shape index (κ3) is 3.13. The van der Waals surface area contributed by atoms with E-state index in [1.807, 2.05) is 13.1 Å². The van der Waals surface area contributed by atoms with Gasteiger partial charge in [-0.1, -0.05) is 19.9 Å². The van der Waals surface area contributed by atoms with Gasteiger partial charge in [0.1, 0.15) is 12.0 Å². The van der Waals surface area contributed by atoms with Crippen LogP contribution in [0.2, 0.25) is 0 Å². The van der Waals surface area contributed by atoms with Crippen LogP contribution in [0.1, 0.15) is 44.5 Å². The number of H-pyrrole nitrogens is 1. The van der Waals surface area contributed by atoms with Crippen molar-refractivity contribution in [2.75, 3.05) is 7.05 Å². The van der Waals surface area contributed by atoms with Crippen LogP contribution in [-0.2, 0) is 6.42 Å². The van der Waals surface area contributed by atoms with Gasteiger partial charge < -0.3 is 4.98 Å². The van der Waals surface area contributed by atoms with Crippen molar-refractivity contribution >= 4 is 17.2 Å². The molecule has 0 unspecified atom stereocenters. The van der Waals surface area contributed by atoms with Gasteiger partial charge in [0.15, 0.2) is 0 Å². The Hall–Kier alpha value is -1.97. The molecule has 0 saturated heterocycles. The minimum Gasteiger partial charge on any atom is -0.343 e. The molecule has 0 atom stereocenters. The Morgan fingerprint density at radius 2 is 2.20 bits per heavy atom. The van der Waals surface area contributed by atoms with Crippen molar-refractivity contribution in [2.45, 2.75) is 39.5 Å². The first-order chi connectivity index (χ1) is 9.65. The average molecular weight is 270 g/mol. The number of hydrogen-bond acceptors (Lipinski definition) is 3. The monoisotopic (exact) mass is 270 g/mol. The molecule has 0 aliphatic heterocycles. The van der Waals surface area contributed by atoms with Crippen molar-refractivity contribution in [3.8, 4) is 0 Å². The van der Waals surface area contributed by atoms with E-state index in [0.717, 1.165) is 29.6 Å². The summed E-state index contributed by atoms with van der Waals surface area (Å²) in [6.07, 6.45) is 7.60. The molecule has 1 N–H and O–H groups in total. The molecule has 0 aliphatic rings. The Balaban J connectivity index is 2.22. The molecule has 0 radical (unpaired) electrons. The van der Waals surface area contributed by atoms with Crippen LogP contribution in [0.5, 0.6) is 0 Å². The van der Waals surface area contributed by atoms with Gasteiger partial charge in [-0.15, -0.1) is 0 Å². The van der Waals surface area contributed by atoms with E-state index in [9.17, 15) is 0 Å². The molecule has 0 aromatic carbocycles. The van der Waals surface area contributed by atoms with Crippen LogP contribution in [0.4, 0.5) is 0 Å². The van der Waals surface area contributed by atoms with E-state index in [2.05, 4.69) is 45.9 Å². The van der Waals surface area contributed by atoms with Gasteiger partial charge in [0.25, 0.3) is 0 Å². The SMILES string of the molecule is CC=C(C=NC)CCc1cc2c(C(C)C)ncnc2[nH]1. The first-order valence-electron chi connectivity index (χ1n) is 7.05. The summed E-state index contributed by atoms with van der Waals surface area (Å²) in [6, 6.07) is 2.18. The number of aromatic amines is 1. The summed E-state index contributed by atoms with van der Waals surface area (Å²) in [6.45, 7) is 6.36. The van der Waals surface area contributed by atoms with Gasteiger partial charge in [0, 0.05) is 24.3 Å². The fourth-order valence-electron chi connectivity index (χ4n) is 2.34. The lowest BCUT2D eigenvalue weighted by Crippen LogP contribution is -1.93. The molecule has 2 aromatic heterocycles. The smallest absolute Gasteiger partial charge is 0.141 e. The molecule has 0 fully saturated rings. The summed E-state index contributed by atoms with van der Waals surface area (Å²) >= 11 is 0. The Kier molecular flexibility index (Phi) is 4.66. The van der Waals surface area contributed by atoms with E-state index in [4.69, 9.17) is 0 Å². The van der Waals surface area contributed by atoms with Crippen molar-refractivity contribution in [2.24, 2.45) is 4.99 Å². The van der Waals surface area contributed by atoms with E-state index >= 15 is 0 Å². The lowest BCUT2D eigenvalue weighted by atomic mass is 10.1. The summed E-state index contributed by atoms with van der Waals surface area (Å²) in [5.74, 6) is 0.405. The van der Waals surface area contributed by atoms with Crippen molar-refractivity contribution in [1.82, 2.24) is 15.0 Å². The average Bonchev–Trinajstić information content (AvgIpc) is 2.85. The van der Waals surface area contributed by atoms with Crippen molar-refractivity contribution in [1.29, 1.82) is 0 Å². The van der Waals surface area contributed by atoms with E-state index in [0.29, 0.717) is 5.92 Å². The van der Waals surface area contributed by atoms with Gasteiger partial charge >= 0.3 is 0 Å². The third-order valence-electron chi connectivity index (χ3n) is 3.41. The maximum atomic E-state index is 4.40. The molecule has 4 nitrogen and oxygen atoms in total. The van der Waals surface area contributed by atoms with Crippen LogP contribution in [0.3, 0.4) is 0 Å². The maximum Gasteiger partial charge on any atom is 0.141 e. The first-order valence-corrected chi connectivity index (χ1v) is 7.05. The second-order valence-corrected chi connectivity index (χ2v) is 5.22. The highest BCUT2D eigenvalue weighted by molar-refractivity contribution is 5.80. The second-order valence-electron chi connectivity index (χ2n) is 5.22. The minimum atomic E-state index is 0.405. The molecule has 0 spiro atoms. The van der Waals surface area contributed by atoms with Crippen molar-refractivity contribution in [3.63, 3.8) is 0 Å². The van der Waals surface area contributed by atoms with Gasteiger partial charge in [-0.2, -0.15) is 0 Å². The van der Waals surface area contributed by atoms with Crippen LogP contribution >= 0.6 is 0 Å². The van der Waals surface area contributed by atoms with Crippen LogP contribution in [0.15, 0.2) is 29.0 Å². The summed E-state index contributed by atoms with van der Waals surface area (Å²) in [5, 5.41) is 1.14. The van der Waals surface area contributed by atoms with Gasteiger partial charge in [-0.05, 0) is 37.3 Å². The lowest BCUT2D eigenvalue weighted by molar-refractivity contribution is 0.828. The number of rotatable bonds is 5. The largest absolute Gasteiger partial charge is 0.343 e. The normalized spacial score (nSPS) is 12.9. The summed E-state index contributed by atoms with van der Waals surface area (Å²) < 4.78 is 0. The van der Waals surface area contributed by atoms with Crippen molar-refractivity contribution < 1.29 is 0 Å². The van der Waals surface area contributed by atoms with E-state index < -0.39 is 0 Å². The van der Waals surface area contributed by atoms with Gasteiger partial charge in [-0.3, -0.25) is 4.99 Å². The van der Waals surface area contributed by atoms with Gasteiger partial charge in [0.05, 0.1) is 5.69 Å². The molecule has 0 aliphatic carbocycles. The number of aryl methyl sites for hydroxylation is 1. The predicted molar refractivity (Wildman–Crippen MR) is 84.5 cm³/mol. The van der Waals surface area contributed by atoms with E-state index in [1.54, 1.807) is 13.4 Å². The van der Waals surface area contributed by atoms with Crippen LogP contribution in [0.25, 0.3) is 11.0 Å². The molecule has 20 heavy (non-hydrogen) atoms. The summed E-state index contributed by atoms with van der Waals surface area (Å²) in [7, 11) is 1.80. The quantitative estimate of drug-likeness (QED) is 0.843. The standard InChI is InChI=1S/C16H22N4/c1-5-12(9-17-4)6-7-13-8-14-15(11(2)3)18-10-19-16(14)20-13/h5,8-11H,6-7H2,1-4H3,(H,18,19,20). The Morgan fingerprint density at radius 3 is 2.85 bits per heavy atom. The van der Waals surface area contributed by atoms with E-state index in [-0.39, 0.29) is 0 Å². The zero-order valence-electron chi connectivity index (χ0n) is 12.6. The zero-order chi connectivity index (χ0) is 14.5. The fourth-order valence-corrected chi connectivity index (χ4v) is 2.34. The Labute approximate surface area is 120 Å². The maximum absolute atomic E-state index is 4.40. The molecule has 0 bridgehead atoms. The van der Waals surface area contributed by atoms with Crippen LogP contribution in [0, 0.1) is 0 Å². The lowest BCUT2D eigenvalue weighted by Gasteiger charge is -2.03. The number of aliphatic imine (C=N–C) groups is 1. The molecule has 106 valence electrons. The highest BCUT2D eigenvalue weighted by Gasteiger charge is 2.10. The highest BCUT2D eigenvalue weighted by atomic mass is 14.9. The molecular weight excluding hydrogens is 248 g/mol. The molecule has 0 saturated carbocycles. The number of hydrogen-bond donors (Lipinski definition) is 1. The highest BCUT2D eigenvalue weighted by Crippen LogP contribution is 2.23. The third-order valence-corrected chi connectivity index (χ3v) is 3.41. The Bertz CT molecular complexity index is 635. The number of fused-ring (bicyclic) bond motifs is 1.